The molecule has 1 spiro atoms. The summed E-state index contributed by atoms with van der Waals surface area (Å²) in [5, 5.41) is 6.94. The highest BCUT2D eigenvalue weighted by Crippen LogP contribution is 2.42. The third-order valence-corrected chi connectivity index (χ3v) is 8.74. The molecular formula is C33H37N3O5S. The van der Waals surface area contributed by atoms with Crippen LogP contribution in [0.1, 0.15) is 67.2 Å². The lowest BCUT2D eigenvalue weighted by Crippen LogP contribution is -2.52. The van der Waals surface area contributed by atoms with Gasteiger partial charge in [0.15, 0.2) is 5.78 Å². The van der Waals surface area contributed by atoms with Crippen molar-refractivity contribution in [3.63, 3.8) is 0 Å². The minimum Gasteiger partial charge on any atom is -0.489 e. The molecule has 0 saturated carbocycles. The molecule has 0 radical (unpaired) electrons. The number of nitrogens with one attached hydrogen (secondary N) is 2. The number of hydrogen-bond acceptors (Lipinski definition) is 6. The van der Waals surface area contributed by atoms with E-state index in [-0.39, 0.29) is 24.1 Å². The van der Waals surface area contributed by atoms with E-state index in [4.69, 9.17) is 9.47 Å². The number of nitrogens with zero attached hydrogens (tertiary/aromatic N) is 1. The molecule has 0 aliphatic carbocycles. The number of carbonyl (C=O) groups excluding carboxylic acids is 3. The van der Waals surface area contributed by atoms with Gasteiger partial charge in [-0.05, 0) is 50.1 Å². The molecule has 3 amide bonds. The van der Waals surface area contributed by atoms with Gasteiger partial charge in [0.05, 0.1) is 17.5 Å². The van der Waals surface area contributed by atoms with Gasteiger partial charge >= 0.3 is 6.03 Å². The van der Waals surface area contributed by atoms with Crippen LogP contribution in [-0.4, -0.2) is 54.5 Å². The molecule has 3 heterocycles. The Labute approximate surface area is 250 Å². The summed E-state index contributed by atoms with van der Waals surface area (Å²) >= 11 is 1.39. The van der Waals surface area contributed by atoms with Crippen molar-refractivity contribution in [2.45, 2.75) is 52.1 Å². The van der Waals surface area contributed by atoms with Gasteiger partial charge < -0.3 is 19.7 Å². The number of allylic oxidation sites excluding steroid dienone is 2. The normalized spacial score (nSPS) is 16.4. The Bertz CT molecular complexity index is 1550. The number of fused-ring (bicyclic) bond motifs is 2. The lowest BCUT2D eigenvalue weighted by atomic mass is 9.82. The smallest absolute Gasteiger partial charge is 0.319 e. The van der Waals surface area contributed by atoms with Crippen molar-refractivity contribution < 1.29 is 23.9 Å². The van der Waals surface area contributed by atoms with E-state index in [2.05, 4.69) is 23.6 Å². The largest absolute Gasteiger partial charge is 0.489 e. The van der Waals surface area contributed by atoms with E-state index in [1.165, 1.54) is 11.3 Å². The summed E-state index contributed by atoms with van der Waals surface area (Å²) in [5.41, 5.74) is 1.48. The maximum atomic E-state index is 13.8. The second-order valence-corrected chi connectivity index (χ2v) is 11.7. The minimum absolute atomic E-state index is 0.0245. The highest BCUT2D eigenvalue weighted by molar-refractivity contribution is 7.23. The van der Waals surface area contributed by atoms with Gasteiger partial charge in [0, 0.05) is 42.6 Å². The van der Waals surface area contributed by atoms with Gasteiger partial charge in [-0.3, -0.25) is 14.9 Å². The van der Waals surface area contributed by atoms with Gasteiger partial charge in [0.25, 0.3) is 5.91 Å². The molecule has 2 aromatic carbocycles. The molecule has 42 heavy (non-hydrogen) atoms. The molecule has 1 saturated heterocycles. The number of anilines is 1. The fraction of sp³-hybridized carbons (Fsp3) is 0.364. The fourth-order valence-electron chi connectivity index (χ4n) is 5.59. The van der Waals surface area contributed by atoms with Crippen LogP contribution in [0.3, 0.4) is 0 Å². The third kappa shape index (κ3) is 6.21. The molecule has 8 nitrogen and oxygen atoms in total. The van der Waals surface area contributed by atoms with Crippen LogP contribution in [0.5, 0.6) is 11.5 Å². The van der Waals surface area contributed by atoms with Crippen LogP contribution in [0, 0.1) is 0 Å². The highest BCUT2D eigenvalue weighted by Gasteiger charge is 2.44. The van der Waals surface area contributed by atoms with Crippen LogP contribution in [0.15, 0.2) is 66.3 Å². The molecule has 1 fully saturated rings. The molecule has 0 bridgehead atoms. The summed E-state index contributed by atoms with van der Waals surface area (Å²) in [6.45, 7) is 7.72. The molecule has 2 N–H and O–H groups in total. The van der Waals surface area contributed by atoms with E-state index >= 15 is 0 Å². The number of benzene rings is 2. The number of amides is 3. The first-order chi connectivity index (χ1) is 20.4. The Morgan fingerprint density at radius 1 is 1.14 bits per heavy atom. The van der Waals surface area contributed by atoms with E-state index in [0.717, 1.165) is 22.1 Å². The molecule has 0 unspecified atom stereocenters. The predicted molar refractivity (Wildman–Crippen MR) is 167 cm³/mol. The first-order valence-electron chi connectivity index (χ1n) is 14.5. The number of rotatable bonds is 8. The maximum Gasteiger partial charge on any atom is 0.319 e. The second-order valence-electron chi connectivity index (χ2n) is 10.6. The molecule has 9 heteroatoms. The number of thiophene rings is 1. The number of hydrogen-bond donors (Lipinski definition) is 2. The Morgan fingerprint density at radius 3 is 2.67 bits per heavy atom. The van der Waals surface area contributed by atoms with Gasteiger partial charge in [-0.15, -0.1) is 11.3 Å². The van der Waals surface area contributed by atoms with E-state index in [1.54, 1.807) is 11.0 Å². The SMILES string of the molecule is C/C=C\C(=C/CC)COc1ccc2c(c1)C(=O)CC1(CCN(C(=O)c3c(NC(=O)NCC)sc4ccccc34)CC1)O2. The number of ketones is 1. The summed E-state index contributed by atoms with van der Waals surface area (Å²) in [6.07, 6.45) is 8.39. The number of Topliss-reactive ketones (excluding diaryl/α,β-unsaturated/α-hetero) is 1. The average molecular weight is 588 g/mol. The van der Waals surface area contributed by atoms with Crippen molar-refractivity contribution in [2.24, 2.45) is 0 Å². The first-order valence-corrected chi connectivity index (χ1v) is 15.3. The van der Waals surface area contributed by atoms with Crippen LogP contribution < -0.4 is 20.1 Å². The zero-order valence-electron chi connectivity index (χ0n) is 24.3. The van der Waals surface area contributed by atoms with Crippen molar-refractivity contribution in [3.8, 4) is 11.5 Å². The zero-order chi connectivity index (χ0) is 29.7. The molecule has 3 aromatic rings. The van der Waals surface area contributed by atoms with Gasteiger partial charge in [-0.1, -0.05) is 43.4 Å². The van der Waals surface area contributed by atoms with E-state index in [0.29, 0.717) is 66.7 Å². The first kappa shape index (κ1) is 29.4. The van der Waals surface area contributed by atoms with Crippen molar-refractivity contribution in [1.29, 1.82) is 0 Å². The zero-order valence-corrected chi connectivity index (χ0v) is 25.1. The maximum absolute atomic E-state index is 13.8. The molecular weight excluding hydrogens is 550 g/mol. The van der Waals surface area contributed by atoms with Gasteiger partial charge in [-0.2, -0.15) is 0 Å². The van der Waals surface area contributed by atoms with Crippen molar-refractivity contribution in [1.82, 2.24) is 10.2 Å². The number of ether oxygens (including phenoxy) is 2. The van der Waals surface area contributed by atoms with Crippen molar-refractivity contribution in [3.05, 3.63) is 77.4 Å². The van der Waals surface area contributed by atoms with Gasteiger partial charge in [0.1, 0.15) is 28.7 Å². The summed E-state index contributed by atoms with van der Waals surface area (Å²) in [5.74, 6) is 1.09. The lowest BCUT2D eigenvalue weighted by molar-refractivity contribution is -0.00569. The van der Waals surface area contributed by atoms with Crippen LogP contribution in [0.4, 0.5) is 9.80 Å². The lowest BCUT2D eigenvalue weighted by Gasteiger charge is -2.44. The van der Waals surface area contributed by atoms with Crippen molar-refractivity contribution in [2.75, 3.05) is 31.6 Å². The van der Waals surface area contributed by atoms with Crippen LogP contribution >= 0.6 is 11.3 Å². The van der Waals surface area contributed by atoms with Crippen LogP contribution in [-0.2, 0) is 0 Å². The van der Waals surface area contributed by atoms with E-state index in [9.17, 15) is 14.4 Å². The minimum atomic E-state index is -0.648. The Balaban J connectivity index is 1.28. The van der Waals surface area contributed by atoms with Crippen LogP contribution in [0.25, 0.3) is 10.1 Å². The van der Waals surface area contributed by atoms with Gasteiger partial charge in [0.2, 0.25) is 0 Å². The Hall–Kier alpha value is -4.11. The molecule has 2 aliphatic rings. The number of urea groups is 1. The molecule has 220 valence electrons. The summed E-state index contributed by atoms with van der Waals surface area (Å²) in [4.78, 5) is 41.3. The standard InChI is InChI=1S/C33H37N3O5S/c1-4-9-22(10-5-2)21-40-23-13-14-27-25(19-23)26(37)20-33(41-27)15-17-36(18-16-33)31(38)29-24-11-7-8-12-28(24)42-30(29)35-32(39)34-6-3/h4,7-14,19H,5-6,15-18,20-21H2,1-3H3,(H2,34,35,39)/b9-4-,22-10+. The fourth-order valence-corrected chi connectivity index (χ4v) is 6.68. The quantitative estimate of drug-likeness (QED) is 0.277. The average Bonchev–Trinajstić information content (AvgIpc) is 3.34. The third-order valence-electron chi connectivity index (χ3n) is 7.65. The van der Waals surface area contributed by atoms with Crippen molar-refractivity contribution >= 4 is 44.1 Å². The number of likely N-dealkylation sites (tertiary alicyclic amines) is 1. The summed E-state index contributed by atoms with van der Waals surface area (Å²) in [7, 11) is 0. The molecule has 2 aliphatic heterocycles. The number of carbonyl (C=O) groups is 3. The number of piperidine rings is 1. The Morgan fingerprint density at radius 2 is 1.93 bits per heavy atom. The Kier molecular flexibility index (Phi) is 8.97. The van der Waals surface area contributed by atoms with Gasteiger partial charge in [-0.25, -0.2) is 4.79 Å². The molecule has 0 atom stereocenters. The second kappa shape index (κ2) is 12.8. The highest BCUT2D eigenvalue weighted by atomic mass is 32.1. The monoisotopic (exact) mass is 587 g/mol. The molecule has 5 rings (SSSR count). The predicted octanol–water partition coefficient (Wildman–Crippen LogP) is 6.97. The van der Waals surface area contributed by atoms with E-state index < -0.39 is 5.60 Å². The molecule has 1 aromatic heterocycles. The topological polar surface area (TPSA) is 97.0 Å². The summed E-state index contributed by atoms with van der Waals surface area (Å²) < 4.78 is 13.4. The summed E-state index contributed by atoms with van der Waals surface area (Å²) in [6, 6.07) is 12.8. The van der Waals surface area contributed by atoms with E-state index in [1.807, 2.05) is 62.4 Å². The van der Waals surface area contributed by atoms with Crippen LogP contribution in [0.2, 0.25) is 0 Å².